The van der Waals surface area contributed by atoms with Crippen LogP contribution in [0.5, 0.6) is 11.5 Å². The maximum absolute atomic E-state index is 14.9. The first-order valence-electron chi connectivity index (χ1n) is 10.8. The van der Waals surface area contributed by atoms with E-state index in [1.54, 1.807) is 66.7 Å². The average Bonchev–Trinajstić information content (AvgIpc) is 3.54. The molecule has 35 heavy (non-hydrogen) atoms. The average molecular weight is 520 g/mol. The number of morpholine rings is 1. The number of ether oxygens (including phenoxy) is 3. The number of esters is 1. The van der Waals surface area contributed by atoms with E-state index in [1.165, 1.54) is 0 Å². The molecule has 0 saturated carbocycles. The summed E-state index contributed by atoms with van der Waals surface area (Å²) in [5, 5.41) is 6.16. The molecule has 186 valence electrons. The van der Waals surface area contributed by atoms with Crippen molar-refractivity contribution in [2.75, 3.05) is 45.0 Å². The minimum absolute atomic E-state index is 0.158. The van der Waals surface area contributed by atoms with Crippen molar-refractivity contribution >= 4 is 40.4 Å². The number of halogens is 1. The Labute approximate surface area is 210 Å². The summed E-state index contributed by atoms with van der Waals surface area (Å²) in [5.41, 5.74) is 0.811. The minimum Gasteiger partial charge on any atom is -0.497 e. The number of anilines is 1. The lowest BCUT2D eigenvalue weighted by Gasteiger charge is -2.36. The van der Waals surface area contributed by atoms with Gasteiger partial charge in [0.05, 0.1) is 30.8 Å². The molecule has 0 aliphatic carbocycles. The van der Waals surface area contributed by atoms with Crippen LogP contribution in [0, 0.1) is 0 Å². The van der Waals surface area contributed by atoms with E-state index in [0.29, 0.717) is 49.1 Å². The molecule has 11 heteroatoms. The van der Waals surface area contributed by atoms with Gasteiger partial charge in [0.2, 0.25) is 0 Å². The molecule has 2 aliphatic rings. The fraction of sp³-hybridized carbons (Fsp3) is 0.250. The fourth-order valence-corrected chi connectivity index (χ4v) is 5.76. The van der Waals surface area contributed by atoms with E-state index in [1.807, 2.05) is 11.7 Å². The van der Waals surface area contributed by atoms with E-state index >= 15 is 0 Å². The van der Waals surface area contributed by atoms with Crippen LogP contribution in [0.4, 0.5) is 10.2 Å². The Morgan fingerprint density at radius 3 is 2.37 bits per heavy atom. The van der Waals surface area contributed by atoms with Crippen LogP contribution in [-0.4, -0.2) is 61.2 Å². The van der Waals surface area contributed by atoms with E-state index in [-0.39, 0.29) is 4.91 Å². The molecule has 1 fully saturated rings. The van der Waals surface area contributed by atoms with Gasteiger partial charge in [-0.1, -0.05) is 10.2 Å². The quantitative estimate of drug-likeness (QED) is 0.177. The molecule has 0 spiro atoms. The highest BCUT2D eigenvalue weighted by Gasteiger charge is 2.43. The SMILES string of the molecule is COc1ccc(OC(=O)c2ccc(NC(=O)/C(S)=C/C3=CS3(C)N(F)N3CCOCC3)cc2)cc1. The van der Waals surface area contributed by atoms with Crippen LogP contribution in [0.15, 0.2) is 69.8 Å². The zero-order valence-electron chi connectivity index (χ0n) is 19.3. The van der Waals surface area contributed by atoms with Gasteiger partial charge in [-0.3, -0.25) is 4.79 Å². The second-order valence-electron chi connectivity index (χ2n) is 7.88. The first-order valence-corrected chi connectivity index (χ1v) is 13.3. The van der Waals surface area contributed by atoms with Crippen LogP contribution in [-0.2, 0) is 9.53 Å². The molecule has 2 aliphatic heterocycles. The van der Waals surface area contributed by atoms with Gasteiger partial charge < -0.3 is 19.5 Å². The lowest BCUT2D eigenvalue weighted by atomic mass is 10.2. The van der Waals surface area contributed by atoms with Crippen LogP contribution < -0.4 is 14.8 Å². The van der Waals surface area contributed by atoms with Gasteiger partial charge in [0, 0.05) is 23.7 Å². The molecule has 2 aromatic rings. The topological polar surface area (TPSA) is 80.3 Å². The molecule has 1 saturated heterocycles. The van der Waals surface area contributed by atoms with E-state index in [2.05, 4.69) is 17.9 Å². The first-order chi connectivity index (χ1) is 16.8. The first kappa shape index (κ1) is 25.3. The lowest BCUT2D eigenvalue weighted by molar-refractivity contribution is -0.124. The number of hydrogen-bond acceptors (Lipinski definition) is 8. The van der Waals surface area contributed by atoms with Crippen LogP contribution in [0.3, 0.4) is 0 Å². The Balaban J connectivity index is 1.31. The number of benzene rings is 2. The number of allylic oxidation sites excluding steroid dienone is 1. The maximum Gasteiger partial charge on any atom is 0.343 e. The smallest absolute Gasteiger partial charge is 0.343 e. The highest BCUT2D eigenvalue weighted by atomic mass is 32.3. The number of carbonyl (C=O) groups is 2. The van der Waals surface area contributed by atoms with Gasteiger partial charge in [-0.25, -0.2) is 4.79 Å². The molecular weight excluding hydrogens is 493 g/mol. The van der Waals surface area contributed by atoms with Gasteiger partial charge in [-0.15, -0.1) is 17.1 Å². The van der Waals surface area contributed by atoms with Gasteiger partial charge in [0.15, 0.2) is 0 Å². The van der Waals surface area contributed by atoms with Gasteiger partial charge in [-0.2, -0.15) is 5.01 Å². The van der Waals surface area contributed by atoms with Gasteiger partial charge >= 0.3 is 5.97 Å². The Kier molecular flexibility index (Phi) is 7.82. The number of rotatable bonds is 8. The molecule has 2 heterocycles. The van der Waals surface area contributed by atoms with Crippen molar-refractivity contribution in [2.24, 2.45) is 0 Å². The largest absolute Gasteiger partial charge is 0.497 e. The van der Waals surface area contributed by atoms with Crippen molar-refractivity contribution in [3.05, 3.63) is 75.4 Å². The van der Waals surface area contributed by atoms with Crippen LogP contribution in [0.1, 0.15) is 10.4 Å². The van der Waals surface area contributed by atoms with E-state index in [9.17, 15) is 14.1 Å². The molecule has 4 rings (SSSR count). The lowest BCUT2D eigenvalue weighted by Crippen LogP contribution is -2.43. The zero-order chi connectivity index (χ0) is 25.0. The predicted octanol–water partition coefficient (Wildman–Crippen LogP) is 4.30. The van der Waals surface area contributed by atoms with Crippen LogP contribution >= 0.6 is 22.8 Å². The molecule has 1 amide bonds. The van der Waals surface area contributed by atoms with Gasteiger partial charge in [-0.05, 0) is 70.9 Å². The summed E-state index contributed by atoms with van der Waals surface area (Å²) < 4.78 is 31.3. The van der Waals surface area contributed by atoms with Crippen molar-refractivity contribution in [3.8, 4) is 11.5 Å². The second-order valence-corrected chi connectivity index (χ2v) is 11.2. The third kappa shape index (κ3) is 6.06. The van der Waals surface area contributed by atoms with E-state index < -0.39 is 22.1 Å². The molecular formula is C24H26FN3O5S2. The Morgan fingerprint density at radius 1 is 1.11 bits per heavy atom. The van der Waals surface area contributed by atoms with Crippen molar-refractivity contribution in [3.63, 3.8) is 0 Å². The molecule has 0 aromatic heterocycles. The Morgan fingerprint density at radius 2 is 1.74 bits per heavy atom. The third-order valence-electron chi connectivity index (χ3n) is 5.45. The summed E-state index contributed by atoms with van der Waals surface area (Å²) in [6, 6.07) is 13.0. The van der Waals surface area contributed by atoms with Crippen molar-refractivity contribution < 1.29 is 28.3 Å². The standard InChI is InChI=1S/C24H26FN3O5S2/c1-31-19-7-9-20(10-8-19)33-24(30)17-3-5-18(6-4-17)26-23(29)22(34)15-21-16-35(21,2)28(25)27-11-13-32-14-12-27/h3-10,15-16,34H,11-14H2,1-2H3,(H,26,29)/b22-15-. The number of carbonyl (C=O) groups excluding carboxylic acids is 2. The summed E-state index contributed by atoms with van der Waals surface area (Å²) >= 11 is 4.29. The number of nitrogens with one attached hydrogen (secondary N) is 1. The summed E-state index contributed by atoms with van der Waals surface area (Å²) in [5.74, 6) is 0.0858. The number of thiol groups is 1. The summed E-state index contributed by atoms with van der Waals surface area (Å²) in [6.45, 7) is 1.95. The van der Waals surface area contributed by atoms with Crippen LogP contribution in [0.25, 0.3) is 0 Å². The van der Waals surface area contributed by atoms with Crippen molar-refractivity contribution in [1.82, 2.24) is 9.65 Å². The molecule has 0 radical (unpaired) electrons. The van der Waals surface area contributed by atoms with Crippen LogP contribution in [0.2, 0.25) is 0 Å². The van der Waals surface area contributed by atoms with Gasteiger partial charge in [0.1, 0.15) is 11.5 Å². The zero-order valence-corrected chi connectivity index (χ0v) is 21.0. The minimum atomic E-state index is -1.87. The molecule has 1 N–H and O–H groups in total. The Bertz CT molecular complexity index is 1150. The fourth-order valence-electron chi connectivity index (χ4n) is 3.33. The molecule has 0 bridgehead atoms. The Hall–Kier alpha value is -2.83. The summed E-state index contributed by atoms with van der Waals surface area (Å²) in [6.07, 6.45) is 3.40. The highest BCUT2D eigenvalue weighted by Crippen LogP contribution is 2.71. The molecule has 2 aromatic carbocycles. The monoisotopic (exact) mass is 519 g/mol. The summed E-state index contributed by atoms with van der Waals surface area (Å²) in [4.78, 5) is 25.8. The number of nitrogens with zero attached hydrogens (tertiary/aromatic N) is 2. The molecule has 8 nitrogen and oxygen atoms in total. The van der Waals surface area contributed by atoms with E-state index in [4.69, 9.17) is 14.2 Å². The summed E-state index contributed by atoms with van der Waals surface area (Å²) in [7, 11) is -0.320. The van der Waals surface area contributed by atoms with E-state index in [0.717, 1.165) is 9.54 Å². The second kappa shape index (κ2) is 10.8. The normalized spacial score (nSPS) is 22.1. The number of hydrazine groups is 1. The maximum atomic E-state index is 14.9. The number of amides is 1. The molecule has 1 atom stereocenters. The van der Waals surface area contributed by atoms with Gasteiger partial charge in [0.25, 0.3) is 5.91 Å². The highest BCUT2D eigenvalue weighted by molar-refractivity contribution is 8.42. The van der Waals surface area contributed by atoms with Crippen molar-refractivity contribution in [2.45, 2.75) is 0 Å². The van der Waals surface area contributed by atoms with Crippen molar-refractivity contribution in [1.29, 1.82) is 0 Å². The predicted molar refractivity (Wildman–Crippen MR) is 137 cm³/mol. The third-order valence-corrected chi connectivity index (χ3v) is 8.29. The number of methoxy groups -OCH3 is 1. The number of hydrogen-bond donors (Lipinski definition) is 2. The molecule has 1 unspecified atom stereocenters.